The molecule has 1 unspecified atom stereocenters. The minimum Gasteiger partial charge on any atom is -0.349 e. The van der Waals surface area contributed by atoms with Gasteiger partial charge in [0.25, 0.3) is 0 Å². The summed E-state index contributed by atoms with van der Waals surface area (Å²) in [5, 5.41) is 2.75. The Morgan fingerprint density at radius 1 is 1.31 bits per heavy atom. The van der Waals surface area contributed by atoms with Gasteiger partial charge in [0.2, 0.25) is 5.91 Å². The highest BCUT2D eigenvalue weighted by Crippen LogP contribution is 2.15. The van der Waals surface area contributed by atoms with E-state index in [2.05, 4.69) is 5.32 Å². The highest BCUT2D eigenvalue weighted by atomic mass is 16.2. The van der Waals surface area contributed by atoms with Crippen LogP contribution >= 0.6 is 0 Å². The van der Waals surface area contributed by atoms with Gasteiger partial charge in [-0.3, -0.25) is 9.59 Å². The van der Waals surface area contributed by atoms with Gasteiger partial charge in [0.05, 0.1) is 6.04 Å². The molecule has 1 heterocycles. The molecule has 16 heavy (non-hydrogen) atoms. The molecule has 1 aliphatic heterocycles. The van der Waals surface area contributed by atoms with Gasteiger partial charge < -0.3 is 5.32 Å². The fraction of sp³-hybridized carbons (Fsp3) is 0.231. The fourth-order valence-electron chi connectivity index (χ4n) is 1.80. The third-order valence-electron chi connectivity index (χ3n) is 2.65. The molecule has 1 aromatic carbocycles. The van der Waals surface area contributed by atoms with E-state index in [0.717, 1.165) is 0 Å². The van der Waals surface area contributed by atoms with Gasteiger partial charge >= 0.3 is 0 Å². The number of hydrogen-bond donors (Lipinski definition) is 1. The monoisotopic (exact) mass is 215 g/mol. The number of amides is 1. The Morgan fingerprint density at radius 3 is 2.62 bits per heavy atom. The van der Waals surface area contributed by atoms with E-state index in [1.54, 1.807) is 18.2 Å². The zero-order valence-electron chi connectivity index (χ0n) is 9.07. The van der Waals surface area contributed by atoms with Crippen molar-refractivity contribution in [2.45, 2.75) is 19.4 Å². The van der Waals surface area contributed by atoms with E-state index in [4.69, 9.17) is 0 Å². The summed E-state index contributed by atoms with van der Waals surface area (Å²) in [6.45, 7) is 1.82. The van der Waals surface area contributed by atoms with Crippen LogP contribution in [0.5, 0.6) is 0 Å². The largest absolute Gasteiger partial charge is 0.349 e. The van der Waals surface area contributed by atoms with Crippen LogP contribution in [0.15, 0.2) is 42.0 Å². The van der Waals surface area contributed by atoms with Gasteiger partial charge in [-0.2, -0.15) is 0 Å². The lowest BCUT2D eigenvalue weighted by Crippen LogP contribution is -2.39. The van der Waals surface area contributed by atoms with Gasteiger partial charge in [-0.25, -0.2) is 0 Å². The number of Topliss-reactive ketones (excluding diaryl/α,β-unsaturated/α-hetero) is 1. The Hall–Kier alpha value is -1.90. The number of hydrogen-bond acceptors (Lipinski definition) is 2. The summed E-state index contributed by atoms with van der Waals surface area (Å²) < 4.78 is 0. The summed E-state index contributed by atoms with van der Waals surface area (Å²) >= 11 is 0. The van der Waals surface area contributed by atoms with E-state index >= 15 is 0 Å². The van der Waals surface area contributed by atoms with E-state index in [-0.39, 0.29) is 24.2 Å². The molecule has 2 rings (SSSR count). The lowest BCUT2D eigenvalue weighted by Gasteiger charge is -2.20. The van der Waals surface area contributed by atoms with Crippen LogP contribution in [0.4, 0.5) is 0 Å². The van der Waals surface area contributed by atoms with Gasteiger partial charge in [-0.05, 0) is 6.92 Å². The Morgan fingerprint density at radius 2 is 2.00 bits per heavy atom. The molecule has 0 radical (unpaired) electrons. The number of benzene rings is 1. The fourth-order valence-corrected chi connectivity index (χ4v) is 1.80. The molecule has 0 aromatic heterocycles. The van der Waals surface area contributed by atoms with Crippen molar-refractivity contribution < 1.29 is 9.59 Å². The topological polar surface area (TPSA) is 46.2 Å². The first-order valence-electron chi connectivity index (χ1n) is 5.27. The average Bonchev–Trinajstić information content (AvgIpc) is 2.29. The average molecular weight is 215 g/mol. The predicted octanol–water partition coefficient (Wildman–Crippen LogP) is 1.70. The molecular weight excluding hydrogens is 202 g/mol. The maximum absolute atomic E-state index is 12.1. The third-order valence-corrected chi connectivity index (χ3v) is 2.65. The molecule has 1 atom stereocenters. The molecule has 3 nitrogen and oxygen atoms in total. The van der Waals surface area contributed by atoms with Gasteiger partial charge in [0.1, 0.15) is 0 Å². The van der Waals surface area contributed by atoms with Gasteiger partial charge in [-0.15, -0.1) is 0 Å². The highest BCUT2D eigenvalue weighted by Gasteiger charge is 2.23. The normalized spacial score (nSPS) is 19.9. The molecule has 82 valence electrons. The zero-order valence-corrected chi connectivity index (χ0v) is 9.07. The minimum atomic E-state index is -0.200. The summed E-state index contributed by atoms with van der Waals surface area (Å²) in [5.41, 5.74) is 1.34. The van der Waals surface area contributed by atoms with Crippen LogP contribution in [0, 0.1) is 0 Å². The van der Waals surface area contributed by atoms with Crippen molar-refractivity contribution in [2.75, 3.05) is 0 Å². The molecule has 1 amide bonds. The second-order valence-electron chi connectivity index (χ2n) is 3.85. The quantitative estimate of drug-likeness (QED) is 0.763. The van der Waals surface area contributed by atoms with E-state index < -0.39 is 0 Å². The van der Waals surface area contributed by atoms with E-state index in [0.29, 0.717) is 11.1 Å². The van der Waals surface area contributed by atoms with Crippen LogP contribution in [0.3, 0.4) is 0 Å². The molecule has 0 saturated carbocycles. The van der Waals surface area contributed by atoms with Crippen molar-refractivity contribution >= 4 is 11.7 Å². The first-order valence-corrected chi connectivity index (χ1v) is 5.27. The maximum Gasteiger partial charge on any atom is 0.224 e. The van der Waals surface area contributed by atoms with Crippen LogP contribution in [-0.4, -0.2) is 17.7 Å². The van der Waals surface area contributed by atoms with Crippen molar-refractivity contribution in [1.29, 1.82) is 0 Å². The number of rotatable bonds is 2. The lowest BCUT2D eigenvalue weighted by molar-refractivity contribution is -0.120. The predicted molar refractivity (Wildman–Crippen MR) is 61.1 cm³/mol. The molecule has 1 aromatic rings. The Labute approximate surface area is 94.2 Å². The van der Waals surface area contributed by atoms with E-state index in [9.17, 15) is 9.59 Å². The Kier molecular flexibility index (Phi) is 2.86. The van der Waals surface area contributed by atoms with Crippen LogP contribution in [-0.2, 0) is 4.79 Å². The second-order valence-corrected chi connectivity index (χ2v) is 3.85. The standard InChI is InChI=1S/C13H13NO2/c1-9-11(7-8-12(15)14-9)13(16)10-5-3-2-4-6-10/h2-7,9H,8H2,1H3,(H,14,15). The van der Waals surface area contributed by atoms with Crippen molar-refractivity contribution in [3.8, 4) is 0 Å². The van der Waals surface area contributed by atoms with Crippen molar-refractivity contribution in [3.05, 3.63) is 47.5 Å². The lowest BCUT2D eigenvalue weighted by atomic mass is 9.95. The molecule has 1 N–H and O–H groups in total. The zero-order chi connectivity index (χ0) is 11.5. The summed E-state index contributed by atoms with van der Waals surface area (Å²) in [6.07, 6.45) is 2.01. The Bertz CT molecular complexity index is 448. The van der Waals surface area contributed by atoms with Gasteiger partial charge in [0, 0.05) is 17.6 Å². The molecule has 0 saturated heterocycles. The maximum atomic E-state index is 12.1. The van der Waals surface area contributed by atoms with Crippen molar-refractivity contribution in [3.63, 3.8) is 0 Å². The van der Waals surface area contributed by atoms with Crippen molar-refractivity contribution in [1.82, 2.24) is 5.32 Å². The van der Waals surface area contributed by atoms with Crippen molar-refractivity contribution in [2.24, 2.45) is 0 Å². The second kappa shape index (κ2) is 4.31. The highest BCUT2D eigenvalue weighted by molar-refractivity contribution is 6.10. The van der Waals surface area contributed by atoms with Crippen LogP contribution < -0.4 is 5.32 Å². The number of carbonyl (C=O) groups excluding carboxylic acids is 2. The molecule has 0 fully saturated rings. The van der Waals surface area contributed by atoms with Gasteiger partial charge in [-0.1, -0.05) is 36.4 Å². The van der Waals surface area contributed by atoms with Crippen LogP contribution in [0.1, 0.15) is 23.7 Å². The summed E-state index contributed by atoms with van der Waals surface area (Å²) in [6, 6.07) is 8.91. The number of ketones is 1. The first kappa shape index (κ1) is 10.6. The van der Waals surface area contributed by atoms with Crippen LogP contribution in [0.25, 0.3) is 0 Å². The summed E-state index contributed by atoms with van der Waals surface area (Å²) in [7, 11) is 0. The van der Waals surface area contributed by atoms with E-state index in [1.165, 1.54) is 0 Å². The smallest absolute Gasteiger partial charge is 0.224 e. The number of carbonyl (C=O) groups is 2. The Balaban J connectivity index is 2.26. The SMILES string of the molecule is CC1NC(=O)CC=C1C(=O)c1ccccc1. The molecular formula is C13H13NO2. The minimum absolute atomic E-state index is 0.00639. The van der Waals surface area contributed by atoms with E-state index in [1.807, 2.05) is 25.1 Å². The molecule has 0 spiro atoms. The third kappa shape index (κ3) is 2.03. The number of nitrogens with one attached hydrogen (secondary N) is 1. The molecule has 3 heteroatoms. The summed E-state index contributed by atoms with van der Waals surface area (Å²) in [5.74, 6) is -0.0368. The summed E-state index contributed by atoms with van der Waals surface area (Å²) in [4.78, 5) is 23.2. The van der Waals surface area contributed by atoms with Gasteiger partial charge in [0.15, 0.2) is 5.78 Å². The molecule has 0 bridgehead atoms. The first-order chi connectivity index (χ1) is 7.68. The van der Waals surface area contributed by atoms with Crippen LogP contribution in [0.2, 0.25) is 0 Å². The molecule has 0 aliphatic carbocycles. The molecule has 1 aliphatic rings.